The molecule has 18 heavy (non-hydrogen) atoms. The van der Waals surface area contributed by atoms with Gasteiger partial charge in [0.15, 0.2) is 0 Å². The van der Waals surface area contributed by atoms with Crippen LogP contribution in [0.3, 0.4) is 0 Å². The Kier molecular flexibility index (Phi) is 4.99. The molecule has 2 aromatic rings. The number of aliphatic hydroxyl groups excluding tert-OH is 1. The average Bonchev–Trinajstić information content (AvgIpc) is 2.84. The van der Waals surface area contributed by atoms with Crippen LogP contribution in [0, 0.1) is 0 Å². The van der Waals surface area contributed by atoms with E-state index in [2.05, 4.69) is 21.2 Å². The Hall–Kier alpha value is -1.10. The number of halogens is 1. The van der Waals surface area contributed by atoms with E-state index in [1.54, 1.807) is 0 Å². The maximum absolute atomic E-state index is 8.67. The van der Waals surface area contributed by atoms with Gasteiger partial charge in [-0.05, 0) is 37.2 Å². The zero-order valence-corrected chi connectivity index (χ0v) is 11.6. The van der Waals surface area contributed by atoms with Crippen LogP contribution < -0.4 is 5.32 Å². The first-order valence-electron chi connectivity index (χ1n) is 5.96. The van der Waals surface area contributed by atoms with Gasteiger partial charge in [-0.3, -0.25) is 0 Å². The minimum Gasteiger partial charge on any atom is -0.460 e. The van der Waals surface area contributed by atoms with E-state index >= 15 is 0 Å². The van der Waals surface area contributed by atoms with Crippen molar-refractivity contribution in [2.45, 2.75) is 13.0 Å². The molecule has 2 N–H and O–H groups in total. The molecular weight excluding hydrogens is 294 g/mol. The van der Waals surface area contributed by atoms with Gasteiger partial charge in [-0.25, -0.2) is 0 Å². The molecule has 0 atom stereocenters. The van der Waals surface area contributed by atoms with Crippen LogP contribution in [0.1, 0.15) is 12.2 Å². The number of benzene rings is 1. The molecule has 0 fully saturated rings. The molecule has 1 aromatic heterocycles. The summed E-state index contributed by atoms with van der Waals surface area (Å²) in [6.45, 7) is 1.71. The second-order valence-corrected chi connectivity index (χ2v) is 4.94. The second kappa shape index (κ2) is 6.73. The molecule has 0 bridgehead atoms. The molecule has 1 aromatic carbocycles. The van der Waals surface area contributed by atoms with Gasteiger partial charge in [0, 0.05) is 16.6 Å². The van der Waals surface area contributed by atoms with Crippen molar-refractivity contribution in [1.29, 1.82) is 0 Å². The quantitative estimate of drug-likeness (QED) is 0.806. The monoisotopic (exact) mass is 309 g/mol. The Morgan fingerprint density at radius 1 is 1.11 bits per heavy atom. The number of hydrogen-bond acceptors (Lipinski definition) is 3. The van der Waals surface area contributed by atoms with Crippen LogP contribution in [0.4, 0.5) is 0 Å². The van der Waals surface area contributed by atoms with Gasteiger partial charge >= 0.3 is 0 Å². The summed E-state index contributed by atoms with van der Waals surface area (Å²) in [6, 6.07) is 12.0. The van der Waals surface area contributed by atoms with E-state index in [1.165, 1.54) is 0 Å². The van der Waals surface area contributed by atoms with E-state index in [9.17, 15) is 0 Å². The molecular formula is C14H16BrNO2. The van der Waals surface area contributed by atoms with Gasteiger partial charge in [-0.1, -0.05) is 28.1 Å². The molecule has 0 radical (unpaired) electrons. The van der Waals surface area contributed by atoms with Crippen molar-refractivity contribution < 1.29 is 9.52 Å². The number of rotatable bonds is 6. The molecule has 0 aliphatic rings. The maximum Gasteiger partial charge on any atom is 0.134 e. The standard InChI is InChI=1S/C14H16BrNO2/c15-12-4-2-11(3-5-12)14-7-6-13(18-14)10-16-8-1-9-17/h2-7,16-17H,1,8-10H2. The maximum atomic E-state index is 8.67. The van der Waals surface area contributed by atoms with Crippen molar-refractivity contribution >= 4 is 15.9 Å². The Morgan fingerprint density at radius 2 is 1.89 bits per heavy atom. The Morgan fingerprint density at radius 3 is 2.61 bits per heavy atom. The van der Waals surface area contributed by atoms with E-state index in [0.29, 0.717) is 6.54 Å². The zero-order valence-electron chi connectivity index (χ0n) is 10.0. The van der Waals surface area contributed by atoms with Gasteiger partial charge in [-0.2, -0.15) is 0 Å². The summed E-state index contributed by atoms with van der Waals surface area (Å²) in [7, 11) is 0. The third-order valence-corrected chi connectivity index (χ3v) is 3.13. The molecule has 3 nitrogen and oxygen atoms in total. The molecule has 0 saturated heterocycles. The van der Waals surface area contributed by atoms with E-state index in [1.807, 2.05) is 36.4 Å². The minimum absolute atomic E-state index is 0.218. The van der Waals surface area contributed by atoms with Crippen molar-refractivity contribution in [3.8, 4) is 11.3 Å². The lowest BCUT2D eigenvalue weighted by molar-refractivity contribution is 0.285. The Labute approximate surface area is 115 Å². The first-order chi connectivity index (χ1) is 8.79. The Balaban J connectivity index is 1.95. The predicted octanol–water partition coefficient (Wildman–Crippen LogP) is 3.18. The summed E-state index contributed by atoms with van der Waals surface area (Å²) < 4.78 is 6.81. The molecule has 0 spiro atoms. The largest absolute Gasteiger partial charge is 0.460 e. The highest BCUT2D eigenvalue weighted by molar-refractivity contribution is 9.10. The summed E-state index contributed by atoms with van der Waals surface area (Å²) in [5, 5.41) is 11.9. The fourth-order valence-corrected chi connectivity index (χ4v) is 1.92. The van der Waals surface area contributed by atoms with E-state index in [0.717, 1.165) is 34.5 Å². The summed E-state index contributed by atoms with van der Waals surface area (Å²) in [5.74, 6) is 1.78. The third kappa shape index (κ3) is 3.70. The van der Waals surface area contributed by atoms with Crippen LogP contribution in [0.5, 0.6) is 0 Å². The lowest BCUT2D eigenvalue weighted by Gasteiger charge is -2.01. The number of nitrogens with one attached hydrogen (secondary N) is 1. The van der Waals surface area contributed by atoms with Crippen molar-refractivity contribution in [3.63, 3.8) is 0 Å². The van der Waals surface area contributed by atoms with Gasteiger partial charge in [0.1, 0.15) is 11.5 Å². The topological polar surface area (TPSA) is 45.4 Å². The van der Waals surface area contributed by atoms with Crippen LogP contribution in [-0.2, 0) is 6.54 Å². The van der Waals surface area contributed by atoms with Gasteiger partial charge in [-0.15, -0.1) is 0 Å². The molecule has 2 rings (SSSR count). The summed E-state index contributed by atoms with van der Waals surface area (Å²) >= 11 is 3.41. The van der Waals surface area contributed by atoms with Crippen LogP contribution in [0.2, 0.25) is 0 Å². The summed E-state index contributed by atoms with van der Waals surface area (Å²) in [6.07, 6.45) is 0.764. The van der Waals surface area contributed by atoms with Gasteiger partial charge in [0.25, 0.3) is 0 Å². The molecule has 0 amide bonds. The fourth-order valence-electron chi connectivity index (χ4n) is 1.66. The molecule has 96 valence electrons. The van der Waals surface area contributed by atoms with Gasteiger partial charge in [0.05, 0.1) is 6.54 Å². The summed E-state index contributed by atoms with van der Waals surface area (Å²) in [4.78, 5) is 0. The Bertz CT molecular complexity index is 479. The molecule has 4 heteroatoms. The molecule has 1 heterocycles. The third-order valence-electron chi connectivity index (χ3n) is 2.60. The van der Waals surface area contributed by atoms with Crippen molar-refractivity contribution in [1.82, 2.24) is 5.32 Å². The number of aliphatic hydroxyl groups is 1. The first-order valence-corrected chi connectivity index (χ1v) is 6.75. The first kappa shape index (κ1) is 13.3. The number of hydrogen-bond donors (Lipinski definition) is 2. The fraction of sp³-hybridized carbons (Fsp3) is 0.286. The van der Waals surface area contributed by atoms with Crippen LogP contribution in [0.25, 0.3) is 11.3 Å². The van der Waals surface area contributed by atoms with Crippen LogP contribution >= 0.6 is 15.9 Å². The second-order valence-electron chi connectivity index (χ2n) is 4.03. The van der Waals surface area contributed by atoms with Gasteiger partial charge in [0.2, 0.25) is 0 Å². The van der Waals surface area contributed by atoms with E-state index in [-0.39, 0.29) is 6.61 Å². The zero-order chi connectivity index (χ0) is 12.8. The smallest absolute Gasteiger partial charge is 0.134 e. The highest BCUT2D eigenvalue weighted by atomic mass is 79.9. The minimum atomic E-state index is 0.218. The molecule has 0 aliphatic carbocycles. The predicted molar refractivity (Wildman–Crippen MR) is 75.3 cm³/mol. The molecule has 0 aliphatic heterocycles. The van der Waals surface area contributed by atoms with E-state index < -0.39 is 0 Å². The SMILES string of the molecule is OCCCNCc1ccc(-c2ccc(Br)cc2)o1. The molecule has 0 saturated carbocycles. The number of furan rings is 1. The highest BCUT2D eigenvalue weighted by Gasteiger charge is 2.04. The van der Waals surface area contributed by atoms with Crippen molar-refractivity contribution in [2.75, 3.05) is 13.2 Å². The van der Waals surface area contributed by atoms with Crippen LogP contribution in [-0.4, -0.2) is 18.3 Å². The van der Waals surface area contributed by atoms with Crippen molar-refractivity contribution in [2.24, 2.45) is 0 Å². The lowest BCUT2D eigenvalue weighted by atomic mass is 10.2. The summed E-state index contributed by atoms with van der Waals surface area (Å²) in [5.41, 5.74) is 1.07. The van der Waals surface area contributed by atoms with Crippen molar-refractivity contribution in [3.05, 3.63) is 46.6 Å². The highest BCUT2D eigenvalue weighted by Crippen LogP contribution is 2.23. The molecule has 0 unspecified atom stereocenters. The van der Waals surface area contributed by atoms with E-state index in [4.69, 9.17) is 9.52 Å². The lowest BCUT2D eigenvalue weighted by Crippen LogP contribution is -2.15. The average molecular weight is 310 g/mol. The van der Waals surface area contributed by atoms with Gasteiger partial charge < -0.3 is 14.8 Å². The normalized spacial score (nSPS) is 10.8. The van der Waals surface area contributed by atoms with Crippen LogP contribution in [0.15, 0.2) is 45.3 Å².